The minimum atomic E-state index is -0.296. The van der Waals surface area contributed by atoms with Gasteiger partial charge in [0.05, 0.1) is 6.04 Å². The van der Waals surface area contributed by atoms with Crippen molar-refractivity contribution in [3.8, 4) is 0 Å². The smallest absolute Gasteiger partial charge is 0.271 e. The van der Waals surface area contributed by atoms with Gasteiger partial charge in [-0.2, -0.15) is 5.10 Å². The summed E-state index contributed by atoms with van der Waals surface area (Å²) in [5.41, 5.74) is 1.71. The average molecular weight is 354 g/mol. The second kappa shape index (κ2) is 8.17. The normalized spacial score (nSPS) is 16.1. The number of carbonyl (C=O) groups excluding carboxylic acids is 2. The van der Waals surface area contributed by atoms with E-state index in [9.17, 15) is 9.59 Å². The fraction of sp³-hybridized carbons (Fsp3) is 0.450. The first-order valence-corrected chi connectivity index (χ1v) is 9.27. The van der Waals surface area contributed by atoms with Crippen molar-refractivity contribution in [2.45, 2.75) is 51.1 Å². The lowest BCUT2D eigenvalue weighted by molar-refractivity contribution is 0.0914. The molecule has 1 aliphatic rings. The molecule has 2 N–H and O–H groups in total. The molecule has 3 rings (SSSR count). The van der Waals surface area contributed by atoms with Gasteiger partial charge in [0, 0.05) is 19.2 Å². The van der Waals surface area contributed by atoms with E-state index in [0.717, 1.165) is 31.2 Å². The van der Waals surface area contributed by atoms with Crippen molar-refractivity contribution in [3.63, 3.8) is 0 Å². The fourth-order valence-corrected chi connectivity index (χ4v) is 3.48. The molecule has 1 saturated carbocycles. The third kappa shape index (κ3) is 3.95. The van der Waals surface area contributed by atoms with Crippen LogP contribution in [0.4, 0.5) is 0 Å². The highest BCUT2D eigenvalue weighted by Crippen LogP contribution is 2.22. The van der Waals surface area contributed by atoms with Gasteiger partial charge in [-0.25, -0.2) is 0 Å². The lowest BCUT2D eigenvalue weighted by Gasteiger charge is -2.23. The molecule has 1 atom stereocenters. The number of amides is 2. The van der Waals surface area contributed by atoms with Crippen molar-refractivity contribution in [2.75, 3.05) is 7.05 Å². The lowest BCUT2D eigenvalue weighted by atomic mass is 9.95. The molecule has 0 spiro atoms. The molecule has 6 heteroatoms. The summed E-state index contributed by atoms with van der Waals surface area (Å²) in [5.74, 6) is -0.460. The zero-order valence-electron chi connectivity index (χ0n) is 15.4. The van der Waals surface area contributed by atoms with Crippen LogP contribution in [0, 0.1) is 0 Å². The molecule has 1 unspecified atom stereocenters. The Bertz CT molecular complexity index is 763. The first-order chi connectivity index (χ1) is 12.6. The van der Waals surface area contributed by atoms with E-state index >= 15 is 0 Å². The fourth-order valence-electron chi connectivity index (χ4n) is 3.48. The van der Waals surface area contributed by atoms with Crippen molar-refractivity contribution in [3.05, 3.63) is 53.3 Å². The van der Waals surface area contributed by atoms with E-state index in [4.69, 9.17) is 0 Å². The number of benzene rings is 1. The van der Waals surface area contributed by atoms with Gasteiger partial charge in [-0.05, 0) is 25.3 Å². The van der Waals surface area contributed by atoms with Gasteiger partial charge in [0.15, 0.2) is 5.69 Å². The standard InChI is InChI=1S/C20H26N4O2/c1-14(15-9-5-3-6-10-15)24-18(13-17(23-24)19(25)21-2)20(26)22-16-11-7-4-8-12-16/h3,5-6,9-10,13-14,16H,4,7-8,11-12H2,1-2H3,(H,21,25)(H,22,26). The first kappa shape index (κ1) is 18.2. The van der Waals surface area contributed by atoms with Crippen molar-refractivity contribution < 1.29 is 9.59 Å². The van der Waals surface area contributed by atoms with Gasteiger partial charge >= 0.3 is 0 Å². The second-order valence-electron chi connectivity index (χ2n) is 6.83. The van der Waals surface area contributed by atoms with Crippen LogP contribution in [0.25, 0.3) is 0 Å². The largest absolute Gasteiger partial charge is 0.354 e. The number of hydrogen-bond donors (Lipinski definition) is 2. The summed E-state index contributed by atoms with van der Waals surface area (Å²) in [5, 5.41) is 10.1. The number of aromatic nitrogens is 2. The van der Waals surface area contributed by atoms with Crippen molar-refractivity contribution in [1.29, 1.82) is 0 Å². The molecule has 6 nitrogen and oxygen atoms in total. The Morgan fingerprint density at radius 1 is 1.12 bits per heavy atom. The summed E-state index contributed by atoms with van der Waals surface area (Å²) < 4.78 is 1.65. The van der Waals surface area contributed by atoms with Gasteiger partial charge in [-0.1, -0.05) is 49.6 Å². The van der Waals surface area contributed by atoms with Crippen LogP contribution >= 0.6 is 0 Å². The average Bonchev–Trinajstić information content (AvgIpc) is 3.14. The summed E-state index contributed by atoms with van der Waals surface area (Å²) in [4.78, 5) is 24.9. The monoisotopic (exact) mass is 354 g/mol. The highest BCUT2D eigenvalue weighted by Gasteiger charge is 2.24. The molecule has 2 amide bonds. The molecule has 1 aromatic carbocycles. The van der Waals surface area contributed by atoms with Crippen LogP contribution in [0.15, 0.2) is 36.4 Å². The molecule has 0 radical (unpaired) electrons. The summed E-state index contributed by atoms with van der Waals surface area (Å²) in [6.07, 6.45) is 5.55. The quantitative estimate of drug-likeness (QED) is 0.867. The van der Waals surface area contributed by atoms with E-state index < -0.39 is 0 Å². The van der Waals surface area contributed by atoms with Gasteiger partial charge in [0.25, 0.3) is 11.8 Å². The van der Waals surface area contributed by atoms with Crippen LogP contribution in [-0.4, -0.2) is 34.7 Å². The van der Waals surface area contributed by atoms with Crippen LogP contribution in [0.3, 0.4) is 0 Å². The topological polar surface area (TPSA) is 76.0 Å². The van der Waals surface area contributed by atoms with E-state index in [1.165, 1.54) is 6.42 Å². The maximum absolute atomic E-state index is 12.9. The van der Waals surface area contributed by atoms with E-state index in [2.05, 4.69) is 15.7 Å². The van der Waals surface area contributed by atoms with Crippen LogP contribution in [-0.2, 0) is 0 Å². The molecular weight excluding hydrogens is 328 g/mol. The highest BCUT2D eigenvalue weighted by molar-refractivity contribution is 5.98. The van der Waals surface area contributed by atoms with E-state index in [1.807, 2.05) is 37.3 Å². The SMILES string of the molecule is CNC(=O)c1cc(C(=O)NC2CCCCC2)n(C(C)c2ccccc2)n1. The highest BCUT2D eigenvalue weighted by atomic mass is 16.2. The molecule has 1 aliphatic carbocycles. The Hall–Kier alpha value is -2.63. The predicted octanol–water partition coefficient (Wildman–Crippen LogP) is 2.91. The van der Waals surface area contributed by atoms with Crippen LogP contribution < -0.4 is 10.6 Å². The van der Waals surface area contributed by atoms with Crippen LogP contribution in [0.5, 0.6) is 0 Å². The number of nitrogens with one attached hydrogen (secondary N) is 2. The molecule has 0 bridgehead atoms. The molecule has 1 heterocycles. The zero-order valence-corrected chi connectivity index (χ0v) is 15.4. The lowest BCUT2D eigenvalue weighted by Crippen LogP contribution is -2.37. The number of rotatable bonds is 5. The first-order valence-electron chi connectivity index (χ1n) is 9.27. The van der Waals surface area contributed by atoms with Crippen molar-refractivity contribution in [2.24, 2.45) is 0 Å². The number of carbonyl (C=O) groups is 2. The Morgan fingerprint density at radius 2 is 1.81 bits per heavy atom. The number of nitrogens with zero attached hydrogens (tertiary/aromatic N) is 2. The summed E-state index contributed by atoms with van der Waals surface area (Å²) in [7, 11) is 1.56. The molecule has 2 aromatic rings. The molecule has 26 heavy (non-hydrogen) atoms. The van der Waals surface area contributed by atoms with Crippen LogP contribution in [0.2, 0.25) is 0 Å². The minimum absolute atomic E-state index is 0.151. The zero-order chi connectivity index (χ0) is 18.5. The Balaban J connectivity index is 1.90. The van der Waals surface area contributed by atoms with Gasteiger partial charge in [-0.15, -0.1) is 0 Å². The third-order valence-electron chi connectivity index (χ3n) is 5.02. The van der Waals surface area contributed by atoms with Gasteiger partial charge in [0.1, 0.15) is 5.69 Å². The van der Waals surface area contributed by atoms with E-state index in [1.54, 1.807) is 17.8 Å². The van der Waals surface area contributed by atoms with Gasteiger partial charge < -0.3 is 10.6 Å². The molecule has 138 valence electrons. The van der Waals surface area contributed by atoms with Gasteiger partial charge in [0.2, 0.25) is 0 Å². The summed E-state index contributed by atoms with van der Waals surface area (Å²) in [6, 6.07) is 11.5. The molecular formula is C20H26N4O2. The third-order valence-corrected chi connectivity index (χ3v) is 5.02. The maximum atomic E-state index is 12.9. The second-order valence-corrected chi connectivity index (χ2v) is 6.83. The Morgan fingerprint density at radius 3 is 2.46 bits per heavy atom. The predicted molar refractivity (Wildman–Crippen MR) is 100 cm³/mol. The van der Waals surface area contributed by atoms with Gasteiger partial charge in [-0.3, -0.25) is 14.3 Å². The van der Waals surface area contributed by atoms with Crippen molar-refractivity contribution in [1.82, 2.24) is 20.4 Å². The van der Waals surface area contributed by atoms with Crippen molar-refractivity contribution >= 4 is 11.8 Å². The van der Waals surface area contributed by atoms with E-state index in [-0.39, 0.29) is 29.6 Å². The molecule has 0 saturated heterocycles. The number of hydrogen-bond acceptors (Lipinski definition) is 3. The summed E-state index contributed by atoms with van der Waals surface area (Å²) in [6.45, 7) is 1.98. The maximum Gasteiger partial charge on any atom is 0.271 e. The minimum Gasteiger partial charge on any atom is -0.354 e. The molecule has 1 fully saturated rings. The molecule has 0 aliphatic heterocycles. The Labute approximate surface area is 154 Å². The van der Waals surface area contributed by atoms with Crippen LogP contribution in [0.1, 0.15) is 71.6 Å². The van der Waals surface area contributed by atoms with E-state index in [0.29, 0.717) is 5.69 Å². The molecule has 1 aromatic heterocycles. The summed E-state index contributed by atoms with van der Waals surface area (Å²) >= 11 is 0. The Kier molecular flexibility index (Phi) is 5.71.